The van der Waals surface area contributed by atoms with Crippen LogP contribution in [0, 0.1) is 0 Å². The molecule has 0 radical (unpaired) electrons. The zero-order valence-electron chi connectivity index (χ0n) is 12.6. The molecule has 1 aliphatic heterocycles. The number of nitrogens with zero attached hydrogens (tertiary/aromatic N) is 1. The summed E-state index contributed by atoms with van der Waals surface area (Å²) in [6, 6.07) is 11.2. The number of nitrogens with two attached hydrogens (primary N) is 1. The van der Waals surface area contributed by atoms with Crippen LogP contribution in [0.15, 0.2) is 30.3 Å². The monoisotopic (exact) mass is 276 g/mol. The average Bonchev–Trinajstić information content (AvgIpc) is 2.93. The van der Waals surface area contributed by atoms with Crippen molar-refractivity contribution >= 4 is 0 Å². The zero-order chi connectivity index (χ0) is 14.4. The highest BCUT2D eigenvalue weighted by atomic mass is 16.2. The minimum Gasteiger partial charge on any atom is -0.396 e. The zero-order valence-corrected chi connectivity index (χ0v) is 12.6. The number of aliphatic hydroxyl groups is 1. The van der Waals surface area contributed by atoms with Crippen LogP contribution in [0.1, 0.15) is 38.2 Å². The molecule has 3 heteroatoms. The molecular formula is C17H28N2O. The van der Waals surface area contributed by atoms with E-state index in [1.54, 1.807) is 0 Å². The largest absolute Gasteiger partial charge is 0.396 e. The molecule has 1 aromatic rings. The van der Waals surface area contributed by atoms with Crippen molar-refractivity contribution in [3.8, 4) is 0 Å². The van der Waals surface area contributed by atoms with E-state index < -0.39 is 0 Å². The highest BCUT2D eigenvalue weighted by molar-refractivity contribution is 5.25. The number of likely N-dealkylation sites (tertiary alicyclic amines) is 1. The smallest absolute Gasteiger partial charge is 0.0431 e. The lowest BCUT2D eigenvalue weighted by Crippen LogP contribution is -2.45. The van der Waals surface area contributed by atoms with Crippen LogP contribution in [0.4, 0.5) is 0 Å². The van der Waals surface area contributed by atoms with E-state index in [1.807, 2.05) is 0 Å². The van der Waals surface area contributed by atoms with E-state index in [4.69, 9.17) is 10.8 Å². The van der Waals surface area contributed by atoms with E-state index in [1.165, 1.54) is 24.9 Å². The Morgan fingerprint density at radius 2 is 2.10 bits per heavy atom. The molecule has 2 atom stereocenters. The number of hydrogen-bond acceptors (Lipinski definition) is 3. The Kier molecular flexibility index (Phi) is 5.58. The fraction of sp³-hybridized carbons (Fsp3) is 0.647. The van der Waals surface area contributed by atoms with Crippen molar-refractivity contribution in [3.63, 3.8) is 0 Å². The lowest BCUT2D eigenvalue weighted by atomic mass is 9.81. The summed E-state index contributed by atoms with van der Waals surface area (Å²) >= 11 is 0. The van der Waals surface area contributed by atoms with Crippen LogP contribution in [0.2, 0.25) is 0 Å². The Hall–Kier alpha value is -0.900. The van der Waals surface area contributed by atoms with Gasteiger partial charge in [-0.15, -0.1) is 0 Å². The van der Waals surface area contributed by atoms with Crippen LogP contribution in [-0.4, -0.2) is 42.3 Å². The first-order chi connectivity index (χ1) is 9.69. The molecule has 2 rings (SSSR count). The topological polar surface area (TPSA) is 49.5 Å². The molecule has 1 heterocycles. The van der Waals surface area contributed by atoms with Gasteiger partial charge in [0.1, 0.15) is 0 Å². The molecule has 112 valence electrons. The van der Waals surface area contributed by atoms with Gasteiger partial charge in [-0.2, -0.15) is 0 Å². The maximum atomic E-state index is 9.03. The molecular weight excluding hydrogens is 248 g/mol. The summed E-state index contributed by atoms with van der Waals surface area (Å²) in [4.78, 5) is 2.58. The average molecular weight is 276 g/mol. The predicted molar refractivity (Wildman–Crippen MR) is 83.8 cm³/mol. The Labute approximate surface area is 122 Å². The third-order valence-corrected chi connectivity index (χ3v) is 4.67. The van der Waals surface area contributed by atoms with Gasteiger partial charge in [0, 0.05) is 31.2 Å². The quantitative estimate of drug-likeness (QED) is 0.802. The first-order valence-electron chi connectivity index (χ1n) is 7.80. The normalized spacial score (nSPS) is 22.9. The second kappa shape index (κ2) is 7.21. The summed E-state index contributed by atoms with van der Waals surface area (Å²) in [6.45, 7) is 5.42. The number of rotatable bonds is 7. The van der Waals surface area contributed by atoms with Crippen molar-refractivity contribution in [1.82, 2.24) is 4.90 Å². The van der Waals surface area contributed by atoms with Gasteiger partial charge in [-0.3, -0.25) is 4.90 Å². The molecule has 0 aromatic heterocycles. The van der Waals surface area contributed by atoms with Crippen LogP contribution in [0.5, 0.6) is 0 Å². The van der Waals surface area contributed by atoms with Crippen LogP contribution >= 0.6 is 0 Å². The van der Waals surface area contributed by atoms with Crippen molar-refractivity contribution < 1.29 is 5.11 Å². The number of hydrogen-bond donors (Lipinski definition) is 2. The second-order valence-electron chi connectivity index (χ2n) is 6.26. The van der Waals surface area contributed by atoms with E-state index in [0.717, 1.165) is 19.4 Å². The lowest BCUT2D eigenvalue weighted by Gasteiger charge is -2.36. The molecule has 0 bridgehead atoms. The third kappa shape index (κ3) is 3.60. The van der Waals surface area contributed by atoms with Crippen LogP contribution in [0.25, 0.3) is 0 Å². The van der Waals surface area contributed by atoms with Crippen LogP contribution in [-0.2, 0) is 5.41 Å². The standard InChI is InChI=1S/C17H28N2O/c1-17(13-18,15-7-3-2-4-8-15)14-19-11-5-9-16(19)10-6-12-20/h2-4,7-8,16,20H,5-6,9-14,18H2,1H3. The van der Waals surface area contributed by atoms with E-state index in [0.29, 0.717) is 19.2 Å². The fourth-order valence-corrected chi connectivity index (χ4v) is 3.32. The van der Waals surface area contributed by atoms with Gasteiger partial charge in [0.2, 0.25) is 0 Å². The molecule has 0 saturated carbocycles. The lowest BCUT2D eigenvalue weighted by molar-refractivity contribution is 0.181. The van der Waals surface area contributed by atoms with Crippen molar-refractivity contribution in [1.29, 1.82) is 0 Å². The highest BCUT2D eigenvalue weighted by Crippen LogP contribution is 2.29. The van der Waals surface area contributed by atoms with Crippen molar-refractivity contribution in [2.75, 3.05) is 26.2 Å². The minimum absolute atomic E-state index is 0.0169. The van der Waals surface area contributed by atoms with E-state index in [9.17, 15) is 0 Å². The molecule has 1 fully saturated rings. The van der Waals surface area contributed by atoms with E-state index >= 15 is 0 Å². The van der Waals surface area contributed by atoms with E-state index in [-0.39, 0.29) is 5.41 Å². The number of aliphatic hydroxyl groups excluding tert-OH is 1. The molecule has 1 aliphatic rings. The van der Waals surface area contributed by atoms with Crippen LogP contribution < -0.4 is 5.73 Å². The van der Waals surface area contributed by atoms with Gasteiger partial charge >= 0.3 is 0 Å². The van der Waals surface area contributed by atoms with Gasteiger partial charge in [-0.25, -0.2) is 0 Å². The Morgan fingerprint density at radius 3 is 2.75 bits per heavy atom. The molecule has 3 nitrogen and oxygen atoms in total. The molecule has 0 aliphatic carbocycles. The maximum absolute atomic E-state index is 9.03. The molecule has 2 unspecified atom stereocenters. The Balaban J connectivity index is 2.05. The molecule has 20 heavy (non-hydrogen) atoms. The number of benzene rings is 1. The first kappa shape index (κ1) is 15.5. The summed E-state index contributed by atoms with van der Waals surface area (Å²) in [6.07, 6.45) is 4.54. The molecule has 1 saturated heterocycles. The van der Waals surface area contributed by atoms with Gasteiger partial charge in [0.25, 0.3) is 0 Å². The van der Waals surface area contributed by atoms with Gasteiger partial charge in [0.05, 0.1) is 0 Å². The van der Waals surface area contributed by atoms with Crippen molar-refractivity contribution in [3.05, 3.63) is 35.9 Å². The summed E-state index contributed by atoms with van der Waals surface area (Å²) in [7, 11) is 0. The molecule has 3 N–H and O–H groups in total. The SMILES string of the molecule is CC(CN)(CN1CCCC1CCCO)c1ccccc1. The molecule has 0 spiro atoms. The summed E-state index contributed by atoms with van der Waals surface area (Å²) in [5.74, 6) is 0. The van der Waals surface area contributed by atoms with Gasteiger partial charge in [-0.1, -0.05) is 37.3 Å². The predicted octanol–water partition coefficient (Wildman–Crippen LogP) is 2.14. The Morgan fingerprint density at radius 1 is 1.35 bits per heavy atom. The highest BCUT2D eigenvalue weighted by Gasteiger charge is 2.32. The van der Waals surface area contributed by atoms with Crippen LogP contribution in [0.3, 0.4) is 0 Å². The Bertz CT molecular complexity index is 395. The van der Waals surface area contributed by atoms with Gasteiger partial charge in [0.15, 0.2) is 0 Å². The summed E-state index contributed by atoms with van der Waals surface area (Å²) in [5, 5.41) is 9.03. The van der Waals surface area contributed by atoms with E-state index in [2.05, 4.69) is 42.2 Å². The fourth-order valence-electron chi connectivity index (χ4n) is 3.32. The molecule has 1 aromatic carbocycles. The first-order valence-corrected chi connectivity index (χ1v) is 7.80. The van der Waals surface area contributed by atoms with Crippen molar-refractivity contribution in [2.45, 2.75) is 44.1 Å². The van der Waals surface area contributed by atoms with Gasteiger partial charge < -0.3 is 10.8 Å². The second-order valence-corrected chi connectivity index (χ2v) is 6.26. The summed E-state index contributed by atoms with van der Waals surface area (Å²) in [5.41, 5.74) is 7.44. The third-order valence-electron chi connectivity index (χ3n) is 4.67. The molecule has 0 amide bonds. The maximum Gasteiger partial charge on any atom is 0.0431 e. The van der Waals surface area contributed by atoms with Crippen molar-refractivity contribution in [2.24, 2.45) is 5.73 Å². The minimum atomic E-state index is 0.0169. The summed E-state index contributed by atoms with van der Waals surface area (Å²) < 4.78 is 0. The van der Waals surface area contributed by atoms with Gasteiger partial charge in [-0.05, 0) is 37.8 Å².